The Kier molecular flexibility index (Phi) is 7.10. The number of hydrogen-bond donors (Lipinski definition) is 5. The van der Waals surface area contributed by atoms with Gasteiger partial charge in [0.15, 0.2) is 6.61 Å². The van der Waals surface area contributed by atoms with E-state index in [1.165, 1.54) is 0 Å². The van der Waals surface area contributed by atoms with Crippen molar-refractivity contribution in [2.75, 3.05) is 19.8 Å². The van der Waals surface area contributed by atoms with Crippen molar-refractivity contribution < 1.29 is 24.5 Å². The SMILES string of the molecule is CC(Cc1ccc(OCC(=O)O)cc1)NCC(O)COc1cccc2[nH]c(=O)[nH]c12. The van der Waals surface area contributed by atoms with Crippen LogP contribution in [0.4, 0.5) is 0 Å². The van der Waals surface area contributed by atoms with Crippen LogP contribution in [0, 0.1) is 0 Å². The van der Waals surface area contributed by atoms with E-state index in [4.69, 9.17) is 14.6 Å². The summed E-state index contributed by atoms with van der Waals surface area (Å²) in [5, 5.41) is 22.1. The molecule has 3 aromatic rings. The summed E-state index contributed by atoms with van der Waals surface area (Å²) < 4.78 is 10.8. The van der Waals surface area contributed by atoms with Crippen molar-refractivity contribution in [3.8, 4) is 11.5 Å². The van der Waals surface area contributed by atoms with Crippen molar-refractivity contribution in [3.05, 3.63) is 58.5 Å². The molecule has 1 heterocycles. The van der Waals surface area contributed by atoms with Crippen molar-refractivity contribution in [1.82, 2.24) is 15.3 Å². The van der Waals surface area contributed by atoms with E-state index in [9.17, 15) is 14.7 Å². The van der Waals surface area contributed by atoms with Gasteiger partial charge in [0.05, 0.1) is 5.52 Å². The third-order valence-corrected chi connectivity index (χ3v) is 4.47. The Morgan fingerprint density at radius 2 is 1.90 bits per heavy atom. The molecule has 160 valence electrons. The number of aromatic amines is 2. The average Bonchev–Trinajstić information content (AvgIpc) is 3.11. The fourth-order valence-electron chi connectivity index (χ4n) is 3.03. The quantitative estimate of drug-likeness (QED) is 0.318. The number of carboxylic acid groups (broad SMARTS) is 1. The molecule has 9 nitrogen and oxygen atoms in total. The summed E-state index contributed by atoms with van der Waals surface area (Å²) in [5.74, 6) is -0.00576. The zero-order valence-corrected chi connectivity index (χ0v) is 16.6. The molecular formula is C21H25N3O6. The third kappa shape index (κ3) is 6.10. The maximum atomic E-state index is 11.4. The molecule has 1 aromatic heterocycles. The van der Waals surface area contributed by atoms with Crippen molar-refractivity contribution >= 4 is 17.0 Å². The zero-order chi connectivity index (χ0) is 21.5. The normalized spacial score (nSPS) is 13.1. The summed E-state index contributed by atoms with van der Waals surface area (Å²) in [6.45, 7) is 2.07. The molecule has 5 N–H and O–H groups in total. The molecule has 0 saturated heterocycles. The van der Waals surface area contributed by atoms with Gasteiger partial charge in [0.1, 0.15) is 29.7 Å². The van der Waals surface area contributed by atoms with Crippen LogP contribution in [-0.2, 0) is 11.2 Å². The minimum atomic E-state index is -1.02. The van der Waals surface area contributed by atoms with Crippen molar-refractivity contribution in [2.45, 2.75) is 25.5 Å². The van der Waals surface area contributed by atoms with E-state index >= 15 is 0 Å². The second kappa shape index (κ2) is 9.95. The van der Waals surface area contributed by atoms with Crippen molar-refractivity contribution in [3.63, 3.8) is 0 Å². The first-order valence-corrected chi connectivity index (χ1v) is 9.59. The summed E-state index contributed by atoms with van der Waals surface area (Å²) in [5.41, 5.74) is 1.98. The molecule has 30 heavy (non-hydrogen) atoms. The number of imidazole rings is 1. The maximum absolute atomic E-state index is 11.4. The molecule has 0 aliphatic rings. The van der Waals surface area contributed by atoms with Gasteiger partial charge in [0.25, 0.3) is 0 Å². The lowest BCUT2D eigenvalue weighted by Crippen LogP contribution is -2.37. The van der Waals surface area contributed by atoms with E-state index < -0.39 is 12.1 Å². The highest BCUT2D eigenvalue weighted by molar-refractivity contribution is 5.81. The van der Waals surface area contributed by atoms with E-state index in [1.807, 2.05) is 19.1 Å². The molecule has 0 fully saturated rings. The lowest BCUT2D eigenvalue weighted by Gasteiger charge is -2.18. The number of aromatic nitrogens is 2. The predicted molar refractivity (Wildman–Crippen MR) is 111 cm³/mol. The molecule has 2 unspecified atom stereocenters. The van der Waals surface area contributed by atoms with Gasteiger partial charge in [-0.1, -0.05) is 18.2 Å². The summed E-state index contributed by atoms with van der Waals surface area (Å²) in [6, 6.07) is 12.6. The number of aliphatic hydroxyl groups is 1. The number of rotatable bonds is 11. The number of benzene rings is 2. The molecule has 2 aromatic carbocycles. The molecule has 2 atom stereocenters. The lowest BCUT2D eigenvalue weighted by atomic mass is 10.1. The average molecular weight is 415 g/mol. The van der Waals surface area contributed by atoms with Crippen molar-refractivity contribution in [2.24, 2.45) is 0 Å². The molecule has 9 heteroatoms. The molecule has 3 rings (SSSR count). The van der Waals surface area contributed by atoms with Gasteiger partial charge in [-0.2, -0.15) is 0 Å². The summed E-state index contributed by atoms with van der Waals surface area (Å²) >= 11 is 0. The molecule has 0 aliphatic heterocycles. The number of fused-ring (bicyclic) bond motifs is 1. The van der Waals surface area contributed by atoms with Gasteiger partial charge >= 0.3 is 11.7 Å². The number of aliphatic hydroxyl groups excluding tert-OH is 1. The van der Waals surface area contributed by atoms with Crippen LogP contribution in [0.1, 0.15) is 12.5 Å². The van der Waals surface area contributed by atoms with Crippen LogP contribution in [-0.4, -0.2) is 58.1 Å². The first kappa shape index (κ1) is 21.4. The Balaban J connectivity index is 1.42. The van der Waals surface area contributed by atoms with Crippen LogP contribution < -0.4 is 20.5 Å². The molecule has 0 bridgehead atoms. The minimum absolute atomic E-state index is 0.0850. The van der Waals surface area contributed by atoms with Gasteiger partial charge in [-0.05, 0) is 43.2 Å². The van der Waals surface area contributed by atoms with Crippen LogP contribution in [0.25, 0.3) is 11.0 Å². The maximum Gasteiger partial charge on any atom is 0.341 e. The van der Waals surface area contributed by atoms with E-state index in [2.05, 4.69) is 15.3 Å². The Bertz CT molecular complexity index is 1030. The Hall–Kier alpha value is -3.30. The highest BCUT2D eigenvalue weighted by Gasteiger charge is 2.11. The number of carbonyl (C=O) groups is 1. The van der Waals surface area contributed by atoms with Gasteiger partial charge in [0, 0.05) is 12.6 Å². The van der Waals surface area contributed by atoms with Gasteiger partial charge in [-0.25, -0.2) is 9.59 Å². The number of ether oxygens (including phenoxy) is 2. The number of aliphatic carboxylic acids is 1. The summed E-state index contributed by atoms with van der Waals surface area (Å²) in [4.78, 5) is 27.3. The van der Waals surface area contributed by atoms with Gasteiger partial charge in [-0.15, -0.1) is 0 Å². The highest BCUT2D eigenvalue weighted by atomic mass is 16.5. The number of hydrogen-bond acceptors (Lipinski definition) is 6. The Morgan fingerprint density at radius 3 is 2.63 bits per heavy atom. The molecule has 0 amide bonds. The lowest BCUT2D eigenvalue weighted by molar-refractivity contribution is -0.139. The molecular weight excluding hydrogens is 390 g/mol. The Morgan fingerprint density at radius 1 is 1.13 bits per heavy atom. The van der Waals surface area contributed by atoms with Crippen LogP contribution in [0.2, 0.25) is 0 Å². The number of H-pyrrole nitrogens is 2. The fraction of sp³-hybridized carbons (Fsp3) is 0.333. The minimum Gasteiger partial charge on any atom is -0.489 e. The van der Waals surface area contributed by atoms with Gasteiger partial charge < -0.3 is 35.0 Å². The molecule has 0 saturated carbocycles. The second-order valence-electron chi connectivity index (χ2n) is 7.06. The van der Waals surface area contributed by atoms with Crippen LogP contribution in [0.3, 0.4) is 0 Å². The van der Waals surface area contributed by atoms with Gasteiger partial charge in [-0.3, -0.25) is 0 Å². The van der Waals surface area contributed by atoms with Crippen LogP contribution in [0.15, 0.2) is 47.3 Å². The largest absolute Gasteiger partial charge is 0.489 e. The molecule has 0 aliphatic carbocycles. The first-order chi connectivity index (χ1) is 14.4. The molecule has 0 radical (unpaired) electrons. The van der Waals surface area contributed by atoms with Crippen LogP contribution >= 0.6 is 0 Å². The fourth-order valence-corrected chi connectivity index (χ4v) is 3.03. The predicted octanol–water partition coefficient (Wildman–Crippen LogP) is 1.28. The first-order valence-electron chi connectivity index (χ1n) is 9.59. The zero-order valence-electron chi connectivity index (χ0n) is 16.6. The number of carboxylic acids is 1. The molecule has 0 spiro atoms. The number of para-hydroxylation sites is 1. The van der Waals surface area contributed by atoms with E-state index in [0.717, 1.165) is 12.0 Å². The summed E-state index contributed by atoms with van der Waals surface area (Å²) in [7, 11) is 0. The van der Waals surface area contributed by atoms with E-state index in [-0.39, 0.29) is 24.9 Å². The highest BCUT2D eigenvalue weighted by Crippen LogP contribution is 2.21. The van der Waals surface area contributed by atoms with Crippen LogP contribution in [0.5, 0.6) is 11.5 Å². The van der Waals surface area contributed by atoms with Gasteiger partial charge in [0.2, 0.25) is 0 Å². The standard InChI is InChI=1S/C21H25N3O6/c1-13(9-14-5-7-16(8-6-14)29-12-19(26)27)22-10-15(25)11-30-18-4-2-3-17-20(18)24-21(28)23-17/h2-8,13,15,22,25H,9-12H2,1H3,(H,26,27)(H2,23,24,28). The smallest absolute Gasteiger partial charge is 0.341 e. The van der Waals surface area contributed by atoms with Crippen molar-refractivity contribution in [1.29, 1.82) is 0 Å². The summed E-state index contributed by atoms with van der Waals surface area (Å²) in [6.07, 6.45) is 0.0107. The van der Waals surface area contributed by atoms with E-state index in [0.29, 0.717) is 29.1 Å². The number of nitrogens with one attached hydrogen (secondary N) is 3. The second-order valence-corrected chi connectivity index (χ2v) is 7.06. The Labute approximate surface area is 172 Å². The topological polar surface area (TPSA) is 137 Å². The van der Waals surface area contributed by atoms with E-state index in [1.54, 1.807) is 30.3 Å². The third-order valence-electron chi connectivity index (χ3n) is 4.47. The monoisotopic (exact) mass is 415 g/mol.